The van der Waals surface area contributed by atoms with Crippen LogP contribution in [0.25, 0.3) is 0 Å². The summed E-state index contributed by atoms with van der Waals surface area (Å²) in [7, 11) is -2.33. The van der Waals surface area contributed by atoms with Gasteiger partial charge in [0.1, 0.15) is 11.6 Å². The summed E-state index contributed by atoms with van der Waals surface area (Å²) < 4.78 is 46.9. The third kappa shape index (κ3) is 5.11. The number of halogens is 1. The molecule has 1 N–H and O–H groups in total. The van der Waals surface area contributed by atoms with Crippen LogP contribution in [0, 0.1) is 12.7 Å². The molecule has 29 heavy (non-hydrogen) atoms. The summed E-state index contributed by atoms with van der Waals surface area (Å²) >= 11 is 0. The smallest absolute Gasteiger partial charge is 0.282 e. The van der Waals surface area contributed by atoms with Crippen molar-refractivity contribution in [2.75, 3.05) is 32.1 Å². The predicted octanol–water partition coefficient (Wildman–Crippen LogP) is 2.53. The molecule has 0 saturated carbocycles. The highest BCUT2D eigenvalue weighted by molar-refractivity contribution is 7.86. The Morgan fingerprint density at radius 2 is 1.93 bits per heavy atom. The Hall–Kier alpha value is -2.49. The van der Waals surface area contributed by atoms with Crippen LogP contribution in [0.2, 0.25) is 0 Å². The van der Waals surface area contributed by atoms with Crippen molar-refractivity contribution >= 4 is 21.8 Å². The number of benzene rings is 2. The molecule has 3 rings (SSSR count). The maximum absolute atomic E-state index is 13.4. The lowest BCUT2D eigenvalue weighted by atomic mass is 10.2. The number of ether oxygens (including phenoxy) is 1. The molecule has 2 aromatic rings. The van der Waals surface area contributed by atoms with Gasteiger partial charge in [-0.25, -0.2) is 4.39 Å². The van der Waals surface area contributed by atoms with Crippen LogP contribution in [0.4, 0.5) is 10.1 Å². The molecule has 1 heterocycles. The highest BCUT2D eigenvalue weighted by Gasteiger charge is 2.34. The predicted molar refractivity (Wildman–Crippen MR) is 108 cm³/mol. The molecule has 0 aliphatic carbocycles. The molecule has 9 heteroatoms. The van der Waals surface area contributed by atoms with E-state index in [4.69, 9.17) is 4.74 Å². The summed E-state index contributed by atoms with van der Waals surface area (Å²) in [6.45, 7) is 2.21. The topological polar surface area (TPSA) is 79.0 Å². The number of nitrogens with zero attached hydrogens (tertiary/aromatic N) is 2. The van der Waals surface area contributed by atoms with E-state index < -0.39 is 21.9 Å². The van der Waals surface area contributed by atoms with Crippen molar-refractivity contribution in [1.82, 2.24) is 8.61 Å². The first-order valence-electron chi connectivity index (χ1n) is 9.24. The number of hydrogen-bond acceptors (Lipinski definition) is 4. The lowest BCUT2D eigenvalue weighted by molar-refractivity contribution is -0.116. The van der Waals surface area contributed by atoms with Crippen LogP contribution in [0.1, 0.15) is 17.5 Å². The summed E-state index contributed by atoms with van der Waals surface area (Å²) in [5.74, 6) is -0.372. The molecule has 0 spiro atoms. The largest absolute Gasteiger partial charge is 0.495 e. The first-order valence-corrected chi connectivity index (χ1v) is 10.6. The number of anilines is 1. The zero-order valence-electron chi connectivity index (χ0n) is 16.4. The fourth-order valence-corrected chi connectivity index (χ4v) is 4.89. The van der Waals surface area contributed by atoms with E-state index in [1.807, 2.05) is 13.0 Å². The molecule has 1 fully saturated rings. The molecular weight excluding hydrogens is 397 g/mol. The van der Waals surface area contributed by atoms with E-state index >= 15 is 0 Å². The van der Waals surface area contributed by atoms with Gasteiger partial charge in [-0.05, 0) is 48.7 Å². The molecule has 7 nitrogen and oxygen atoms in total. The summed E-state index contributed by atoms with van der Waals surface area (Å²) in [5.41, 5.74) is 1.99. The summed E-state index contributed by atoms with van der Waals surface area (Å²) in [6.07, 6.45) is 0.579. The second kappa shape index (κ2) is 8.89. The summed E-state index contributed by atoms with van der Waals surface area (Å²) in [5, 5.41) is 2.72. The van der Waals surface area contributed by atoms with Gasteiger partial charge in [-0.15, -0.1) is 0 Å². The average molecular weight is 421 g/mol. The van der Waals surface area contributed by atoms with Gasteiger partial charge in [-0.1, -0.05) is 18.2 Å². The van der Waals surface area contributed by atoms with Crippen LogP contribution in [0.15, 0.2) is 42.5 Å². The van der Waals surface area contributed by atoms with Crippen LogP contribution in [0.5, 0.6) is 5.75 Å². The quantitative estimate of drug-likeness (QED) is 0.778. The molecular formula is C20H24FN3O4S. The van der Waals surface area contributed by atoms with Gasteiger partial charge < -0.3 is 10.1 Å². The van der Waals surface area contributed by atoms with Gasteiger partial charge in [-0.3, -0.25) is 4.79 Å². The Morgan fingerprint density at radius 1 is 1.17 bits per heavy atom. The highest BCUT2D eigenvalue weighted by atomic mass is 32.2. The zero-order chi connectivity index (χ0) is 21.0. The van der Waals surface area contributed by atoms with E-state index in [0.717, 1.165) is 9.87 Å². The average Bonchev–Trinajstić information content (AvgIpc) is 2.65. The maximum atomic E-state index is 13.4. The van der Waals surface area contributed by atoms with E-state index in [1.54, 1.807) is 24.3 Å². The minimum absolute atomic E-state index is 0.0594. The van der Waals surface area contributed by atoms with E-state index in [0.29, 0.717) is 30.0 Å². The molecule has 1 amide bonds. The molecule has 0 aromatic heterocycles. The third-order valence-corrected chi connectivity index (χ3v) is 6.59. The van der Waals surface area contributed by atoms with Crippen LogP contribution in [-0.4, -0.2) is 49.7 Å². The Morgan fingerprint density at radius 3 is 2.66 bits per heavy atom. The third-order valence-electron chi connectivity index (χ3n) is 4.66. The molecule has 0 unspecified atom stereocenters. The fraction of sp³-hybridized carbons (Fsp3) is 0.350. The van der Waals surface area contributed by atoms with Gasteiger partial charge in [0, 0.05) is 19.6 Å². The van der Waals surface area contributed by atoms with Crippen LogP contribution in [-0.2, 0) is 21.5 Å². The minimum atomic E-state index is -3.83. The van der Waals surface area contributed by atoms with E-state index in [1.165, 1.54) is 23.5 Å². The molecule has 1 aliphatic rings. The van der Waals surface area contributed by atoms with Crippen molar-refractivity contribution in [3.8, 4) is 5.75 Å². The van der Waals surface area contributed by atoms with Crippen molar-refractivity contribution < 1.29 is 22.3 Å². The maximum Gasteiger partial charge on any atom is 0.282 e. The monoisotopic (exact) mass is 421 g/mol. The minimum Gasteiger partial charge on any atom is -0.495 e. The van der Waals surface area contributed by atoms with Crippen molar-refractivity contribution in [2.45, 2.75) is 19.9 Å². The van der Waals surface area contributed by atoms with E-state index in [2.05, 4.69) is 5.32 Å². The van der Waals surface area contributed by atoms with Gasteiger partial charge in [0.2, 0.25) is 5.91 Å². The zero-order valence-corrected chi connectivity index (χ0v) is 17.2. The van der Waals surface area contributed by atoms with Crippen molar-refractivity contribution in [3.63, 3.8) is 0 Å². The van der Waals surface area contributed by atoms with Crippen molar-refractivity contribution in [3.05, 3.63) is 59.4 Å². The van der Waals surface area contributed by atoms with Gasteiger partial charge in [0.05, 0.1) is 19.3 Å². The van der Waals surface area contributed by atoms with E-state index in [-0.39, 0.29) is 19.6 Å². The standard InChI is InChI=1S/C20H24FN3O4S/c1-15-7-8-19(28-2)18(11-15)22-20(25)14-24-10-4-9-23(29(24,26)27)13-16-5-3-6-17(21)12-16/h3,5-8,11-12H,4,9-10,13-14H2,1-2H3,(H,22,25). The molecule has 1 aliphatic heterocycles. The normalized spacial score (nSPS) is 17.1. The second-order valence-corrected chi connectivity index (χ2v) is 8.84. The fourth-order valence-electron chi connectivity index (χ4n) is 3.25. The summed E-state index contributed by atoms with van der Waals surface area (Å²) in [6, 6.07) is 11.2. The molecule has 2 aromatic carbocycles. The van der Waals surface area contributed by atoms with E-state index in [9.17, 15) is 17.6 Å². The lowest BCUT2D eigenvalue weighted by Crippen LogP contribution is -2.51. The first-order chi connectivity index (χ1) is 13.8. The molecule has 1 saturated heterocycles. The van der Waals surface area contributed by atoms with Gasteiger partial charge >= 0.3 is 0 Å². The number of rotatable bonds is 6. The van der Waals surface area contributed by atoms with Crippen LogP contribution in [0.3, 0.4) is 0 Å². The number of carbonyl (C=O) groups is 1. The molecule has 0 radical (unpaired) electrons. The van der Waals surface area contributed by atoms with Crippen LogP contribution >= 0.6 is 0 Å². The number of nitrogens with one attached hydrogen (secondary N) is 1. The molecule has 0 bridgehead atoms. The van der Waals surface area contributed by atoms with Crippen molar-refractivity contribution in [2.24, 2.45) is 0 Å². The Balaban J connectivity index is 1.70. The number of methoxy groups -OCH3 is 1. The molecule has 0 atom stereocenters. The molecule has 156 valence electrons. The second-order valence-electron chi connectivity index (χ2n) is 6.91. The number of carbonyl (C=O) groups excluding carboxylic acids is 1. The Labute approximate surface area is 170 Å². The van der Waals surface area contributed by atoms with Gasteiger partial charge in [0.25, 0.3) is 10.2 Å². The number of hydrogen-bond donors (Lipinski definition) is 1. The number of amides is 1. The highest BCUT2D eigenvalue weighted by Crippen LogP contribution is 2.25. The Bertz CT molecular complexity index is 997. The van der Waals surface area contributed by atoms with Gasteiger partial charge in [0.15, 0.2) is 0 Å². The first kappa shape index (κ1) is 21.2. The van der Waals surface area contributed by atoms with Gasteiger partial charge in [-0.2, -0.15) is 17.0 Å². The number of aryl methyl sites for hydroxylation is 1. The SMILES string of the molecule is COc1ccc(C)cc1NC(=O)CN1CCCN(Cc2cccc(F)c2)S1(=O)=O. The lowest BCUT2D eigenvalue weighted by Gasteiger charge is -2.34. The van der Waals surface area contributed by atoms with Crippen molar-refractivity contribution in [1.29, 1.82) is 0 Å². The van der Waals surface area contributed by atoms with Crippen LogP contribution < -0.4 is 10.1 Å². The Kier molecular flexibility index (Phi) is 6.51. The summed E-state index contributed by atoms with van der Waals surface area (Å²) in [4.78, 5) is 12.5.